The fraction of sp³-hybridized carbons (Fsp3) is 0.267. The van der Waals surface area contributed by atoms with E-state index in [9.17, 15) is 18.3 Å². The summed E-state index contributed by atoms with van der Waals surface area (Å²) in [6, 6.07) is 23.5. The molecule has 3 N–H and O–H groups in total. The first-order chi connectivity index (χ1) is 19.3. The molecule has 1 amide bonds. The van der Waals surface area contributed by atoms with Gasteiger partial charge in [-0.05, 0) is 48.2 Å². The number of nitrogens with zero attached hydrogens (tertiary/aromatic N) is 2. The Balaban J connectivity index is 1.50. The number of aliphatic hydroxyl groups excluding tert-OH is 1. The molecule has 3 aromatic carbocycles. The molecule has 4 aromatic rings. The van der Waals surface area contributed by atoms with Crippen molar-refractivity contribution in [3.63, 3.8) is 0 Å². The molecule has 1 atom stereocenters. The Kier molecular flexibility index (Phi) is 10.1. The summed E-state index contributed by atoms with van der Waals surface area (Å²) in [4.78, 5) is 17.9. The van der Waals surface area contributed by atoms with Crippen molar-refractivity contribution < 1.29 is 18.3 Å². The van der Waals surface area contributed by atoms with Crippen LogP contribution in [0.25, 0.3) is 0 Å². The number of carbonyl (C=O) groups excluding carboxylic acids is 1. The van der Waals surface area contributed by atoms with Crippen LogP contribution < -0.4 is 10.0 Å². The normalized spacial score (nSPS) is 12.3. The monoisotopic (exact) mass is 580 g/mol. The number of rotatable bonds is 13. The number of sulfonamides is 1. The van der Waals surface area contributed by atoms with E-state index in [1.807, 2.05) is 47.0 Å². The van der Waals surface area contributed by atoms with Crippen LogP contribution in [0.15, 0.2) is 89.8 Å². The Morgan fingerprint density at radius 1 is 0.975 bits per heavy atom. The average molecular weight is 581 g/mol. The quantitative estimate of drug-likeness (QED) is 0.207. The molecule has 1 heterocycles. The molecule has 0 radical (unpaired) electrons. The zero-order valence-electron chi connectivity index (χ0n) is 22.3. The lowest BCUT2D eigenvalue weighted by molar-refractivity contribution is -0.117. The molecule has 8 nitrogen and oxygen atoms in total. The maximum Gasteiger partial charge on any atom is 0.242 e. The molecular formula is C30H33ClN4O4S. The van der Waals surface area contributed by atoms with Gasteiger partial charge in [-0.25, -0.2) is 13.4 Å². The Hall–Kier alpha value is -3.50. The molecule has 0 saturated heterocycles. The maximum absolute atomic E-state index is 13.3. The number of aliphatic hydroxyl groups is 1. The molecule has 0 unspecified atom stereocenters. The summed E-state index contributed by atoms with van der Waals surface area (Å²) >= 11 is 6.26. The highest BCUT2D eigenvalue weighted by Crippen LogP contribution is 2.22. The lowest BCUT2D eigenvalue weighted by Gasteiger charge is -2.19. The van der Waals surface area contributed by atoms with Gasteiger partial charge in [0.15, 0.2) is 5.15 Å². The highest BCUT2D eigenvalue weighted by Gasteiger charge is 2.26. The minimum atomic E-state index is -3.92. The third-order valence-electron chi connectivity index (χ3n) is 6.52. The van der Waals surface area contributed by atoms with Gasteiger partial charge in [0.1, 0.15) is 11.9 Å². The second-order valence-corrected chi connectivity index (χ2v) is 11.5. The van der Waals surface area contributed by atoms with E-state index in [1.165, 1.54) is 12.1 Å². The second kappa shape index (κ2) is 13.7. The van der Waals surface area contributed by atoms with E-state index < -0.39 is 22.0 Å². The molecule has 10 heteroatoms. The minimum Gasteiger partial charge on any atom is -0.390 e. The number of hydrogen-bond acceptors (Lipinski definition) is 5. The van der Waals surface area contributed by atoms with Crippen LogP contribution in [0.3, 0.4) is 0 Å². The van der Waals surface area contributed by atoms with Gasteiger partial charge in [0, 0.05) is 18.7 Å². The van der Waals surface area contributed by atoms with Crippen LogP contribution >= 0.6 is 11.6 Å². The van der Waals surface area contributed by atoms with Crippen LogP contribution in [0.4, 0.5) is 5.69 Å². The van der Waals surface area contributed by atoms with E-state index in [-0.39, 0.29) is 17.9 Å². The number of aromatic nitrogens is 2. The Morgan fingerprint density at radius 3 is 2.25 bits per heavy atom. The molecular weight excluding hydrogens is 548 g/mol. The van der Waals surface area contributed by atoms with Crippen LogP contribution in [0.1, 0.15) is 42.4 Å². The van der Waals surface area contributed by atoms with E-state index in [2.05, 4.69) is 21.9 Å². The molecule has 0 aliphatic heterocycles. The van der Waals surface area contributed by atoms with Crippen molar-refractivity contribution in [1.82, 2.24) is 14.3 Å². The number of carbonyl (C=O) groups is 1. The van der Waals surface area contributed by atoms with Gasteiger partial charge in [-0.1, -0.05) is 85.6 Å². The first-order valence-corrected chi connectivity index (χ1v) is 15.0. The summed E-state index contributed by atoms with van der Waals surface area (Å²) in [6.45, 7) is 2.36. The van der Waals surface area contributed by atoms with E-state index in [1.54, 1.807) is 30.3 Å². The zero-order valence-corrected chi connectivity index (χ0v) is 23.8. The third kappa shape index (κ3) is 7.57. The van der Waals surface area contributed by atoms with Gasteiger partial charge in [-0.15, -0.1) is 0 Å². The number of nitrogens with one attached hydrogen (secondary N) is 2. The predicted molar refractivity (Wildman–Crippen MR) is 157 cm³/mol. The van der Waals surface area contributed by atoms with Crippen molar-refractivity contribution in [1.29, 1.82) is 0 Å². The number of anilines is 1. The molecule has 0 fully saturated rings. The minimum absolute atomic E-state index is 0.0883. The number of imidazole rings is 1. The van der Waals surface area contributed by atoms with Gasteiger partial charge in [0.05, 0.1) is 17.2 Å². The van der Waals surface area contributed by atoms with Gasteiger partial charge >= 0.3 is 0 Å². The molecule has 210 valence electrons. The van der Waals surface area contributed by atoms with Gasteiger partial charge in [-0.3, -0.25) is 4.79 Å². The molecule has 0 spiro atoms. The van der Waals surface area contributed by atoms with Gasteiger partial charge < -0.3 is 15.0 Å². The summed E-state index contributed by atoms with van der Waals surface area (Å²) in [7, 11) is -3.92. The summed E-state index contributed by atoms with van der Waals surface area (Å²) in [5, 5.41) is 13.0. The SMILES string of the molecule is CCCCc1nc(Cl)c(CO)n1Cc1ccc(NC(=O)[C@H](Cc2ccccc2)NS(=O)(=O)c2ccccc2)cc1. The number of aryl methyl sites for hydroxylation is 1. The Labute approximate surface area is 240 Å². The molecule has 0 saturated carbocycles. The number of benzene rings is 3. The number of amides is 1. The van der Waals surface area contributed by atoms with Crippen molar-refractivity contribution >= 4 is 33.2 Å². The highest BCUT2D eigenvalue weighted by atomic mass is 35.5. The van der Waals surface area contributed by atoms with E-state index in [4.69, 9.17) is 11.6 Å². The zero-order chi connectivity index (χ0) is 28.5. The lowest BCUT2D eigenvalue weighted by Crippen LogP contribution is -2.45. The van der Waals surface area contributed by atoms with Crippen LogP contribution in [0, 0.1) is 0 Å². The fourth-order valence-electron chi connectivity index (χ4n) is 4.37. The Morgan fingerprint density at radius 2 is 1.62 bits per heavy atom. The first kappa shape index (κ1) is 29.5. The van der Waals surface area contributed by atoms with Gasteiger partial charge in [0.2, 0.25) is 15.9 Å². The highest BCUT2D eigenvalue weighted by molar-refractivity contribution is 7.89. The average Bonchev–Trinajstić information content (AvgIpc) is 3.26. The first-order valence-electron chi connectivity index (χ1n) is 13.2. The molecule has 0 aliphatic carbocycles. The molecule has 1 aromatic heterocycles. The summed E-state index contributed by atoms with van der Waals surface area (Å²) < 4.78 is 30.6. The standard InChI is InChI=1S/C30H33ClN4O4S/c1-2-3-14-28-33-29(31)27(21-36)35(28)20-23-15-17-24(18-16-23)32-30(37)26(19-22-10-6-4-7-11-22)34-40(38,39)25-12-8-5-9-13-25/h4-13,15-18,26,34,36H,2-3,14,19-21H2,1H3,(H,32,37)/t26-/m0/s1. The largest absolute Gasteiger partial charge is 0.390 e. The van der Waals surface area contributed by atoms with Gasteiger partial charge in [-0.2, -0.15) is 4.72 Å². The van der Waals surface area contributed by atoms with Crippen LogP contribution in [-0.4, -0.2) is 35.0 Å². The summed E-state index contributed by atoms with van der Waals surface area (Å²) in [6.07, 6.45) is 2.91. The summed E-state index contributed by atoms with van der Waals surface area (Å²) in [5.74, 6) is 0.352. The molecule has 4 rings (SSSR count). The van der Waals surface area contributed by atoms with E-state index in [0.29, 0.717) is 23.1 Å². The summed E-state index contributed by atoms with van der Waals surface area (Å²) in [5.41, 5.74) is 2.86. The van der Waals surface area contributed by atoms with Crippen LogP contribution in [0.5, 0.6) is 0 Å². The molecule has 0 aliphatic rings. The smallest absolute Gasteiger partial charge is 0.242 e. The topological polar surface area (TPSA) is 113 Å². The van der Waals surface area contributed by atoms with E-state index >= 15 is 0 Å². The third-order valence-corrected chi connectivity index (χ3v) is 8.31. The predicted octanol–water partition coefficient (Wildman–Crippen LogP) is 4.95. The van der Waals surface area contributed by atoms with Crippen molar-refractivity contribution in [2.75, 3.05) is 5.32 Å². The van der Waals surface area contributed by atoms with E-state index in [0.717, 1.165) is 36.2 Å². The lowest BCUT2D eigenvalue weighted by atomic mass is 10.1. The van der Waals surface area contributed by atoms with Gasteiger partial charge in [0.25, 0.3) is 0 Å². The number of hydrogen-bond donors (Lipinski definition) is 3. The van der Waals surface area contributed by atoms with Crippen molar-refractivity contribution in [2.24, 2.45) is 0 Å². The molecule has 40 heavy (non-hydrogen) atoms. The fourth-order valence-corrected chi connectivity index (χ4v) is 5.84. The Bertz CT molecular complexity index is 1510. The number of halogens is 1. The second-order valence-electron chi connectivity index (χ2n) is 9.48. The number of unbranched alkanes of at least 4 members (excludes halogenated alkanes) is 1. The van der Waals surface area contributed by atoms with Crippen molar-refractivity contribution in [2.45, 2.75) is 56.7 Å². The van der Waals surface area contributed by atoms with Crippen LogP contribution in [-0.2, 0) is 40.8 Å². The van der Waals surface area contributed by atoms with Crippen molar-refractivity contribution in [3.05, 3.63) is 113 Å². The maximum atomic E-state index is 13.3. The molecule has 0 bridgehead atoms. The van der Waals surface area contributed by atoms with Crippen LogP contribution in [0.2, 0.25) is 5.15 Å². The van der Waals surface area contributed by atoms with Crippen molar-refractivity contribution in [3.8, 4) is 0 Å².